The van der Waals surface area contributed by atoms with Gasteiger partial charge in [0.05, 0.1) is 5.69 Å². The van der Waals surface area contributed by atoms with E-state index >= 15 is 0 Å². The van der Waals surface area contributed by atoms with Crippen LogP contribution in [0.1, 0.15) is 31.2 Å². The standard InChI is InChI=1S/C16H21N3O3/c20-15-10-22-14-6-5-11(9-13(14)19-15)7-8-17-16(21)18-12-3-1-2-4-12/h5-6,9,12H,1-4,7-8,10H2,(H,19,20)(H2,17,18,21). The Morgan fingerprint density at radius 1 is 1.32 bits per heavy atom. The number of carbonyl (C=O) groups is 2. The smallest absolute Gasteiger partial charge is 0.315 e. The Morgan fingerprint density at radius 3 is 2.95 bits per heavy atom. The van der Waals surface area contributed by atoms with Crippen LogP contribution in [-0.4, -0.2) is 31.1 Å². The van der Waals surface area contributed by atoms with Gasteiger partial charge >= 0.3 is 6.03 Å². The van der Waals surface area contributed by atoms with Crippen LogP contribution in [-0.2, 0) is 11.2 Å². The fourth-order valence-corrected chi connectivity index (χ4v) is 2.91. The van der Waals surface area contributed by atoms with Crippen molar-refractivity contribution in [3.8, 4) is 5.75 Å². The van der Waals surface area contributed by atoms with Crippen molar-refractivity contribution in [1.82, 2.24) is 10.6 Å². The van der Waals surface area contributed by atoms with Crippen LogP contribution in [0.5, 0.6) is 5.75 Å². The fourth-order valence-electron chi connectivity index (χ4n) is 2.91. The number of hydrogen-bond donors (Lipinski definition) is 3. The van der Waals surface area contributed by atoms with Crippen LogP contribution < -0.4 is 20.7 Å². The number of carbonyl (C=O) groups excluding carboxylic acids is 2. The molecule has 0 atom stereocenters. The van der Waals surface area contributed by atoms with E-state index < -0.39 is 0 Å². The molecule has 0 bridgehead atoms. The summed E-state index contributed by atoms with van der Waals surface area (Å²) in [6, 6.07) is 5.93. The van der Waals surface area contributed by atoms with Gasteiger partial charge in [0.2, 0.25) is 0 Å². The average molecular weight is 303 g/mol. The molecule has 22 heavy (non-hydrogen) atoms. The van der Waals surface area contributed by atoms with Gasteiger partial charge < -0.3 is 20.7 Å². The number of fused-ring (bicyclic) bond motifs is 1. The number of ether oxygens (including phenoxy) is 1. The molecule has 1 aliphatic heterocycles. The summed E-state index contributed by atoms with van der Waals surface area (Å²) in [6.07, 6.45) is 5.28. The lowest BCUT2D eigenvalue weighted by Gasteiger charge is -2.18. The van der Waals surface area contributed by atoms with E-state index in [-0.39, 0.29) is 18.5 Å². The van der Waals surface area contributed by atoms with Crippen molar-refractivity contribution in [3.05, 3.63) is 23.8 Å². The van der Waals surface area contributed by atoms with Crippen molar-refractivity contribution >= 4 is 17.6 Å². The summed E-state index contributed by atoms with van der Waals surface area (Å²) in [5.74, 6) is 0.550. The molecular formula is C16H21N3O3. The summed E-state index contributed by atoms with van der Waals surface area (Å²) >= 11 is 0. The molecule has 6 nitrogen and oxygen atoms in total. The minimum absolute atomic E-state index is 0.0647. The first-order chi connectivity index (χ1) is 10.7. The van der Waals surface area contributed by atoms with Gasteiger partial charge in [0.25, 0.3) is 5.91 Å². The molecule has 6 heteroatoms. The summed E-state index contributed by atoms with van der Waals surface area (Å²) < 4.78 is 5.32. The van der Waals surface area contributed by atoms with Crippen LogP contribution in [0.15, 0.2) is 18.2 Å². The highest BCUT2D eigenvalue weighted by atomic mass is 16.5. The van der Waals surface area contributed by atoms with Gasteiger partial charge in [-0.1, -0.05) is 18.9 Å². The number of amides is 3. The SMILES string of the molecule is O=C1COc2ccc(CCNC(=O)NC3CCCC3)cc2N1. The van der Waals surface area contributed by atoms with Crippen molar-refractivity contribution in [1.29, 1.82) is 0 Å². The molecule has 2 aliphatic rings. The topological polar surface area (TPSA) is 79.5 Å². The zero-order valence-electron chi connectivity index (χ0n) is 12.5. The number of hydrogen-bond acceptors (Lipinski definition) is 3. The monoisotopic (exact) mass is 303 g/mol. The first-order valence-corrected chi connectivity index (χ1v) is 7.80. The van der Waals surface area contributed by atoms with Crippen LogP contribution in [0.25, 0.3) is 0 Å². The molecule has 0 aromatic heterocycles. The molecular weight excluding hydrogens is 282 g/mol. The van der Waals surface area contributed by atoms with Crippen molar-refractivity contribution < 1.29 is 14.3 Å². The second-order valence-corrected chi connectivity index (χ2v) is 5.80. The summed E-state index contributed by atoms with van der Waals surface area (Å²) in [7, 11) is 0. The Balaban J connectivity index is 1.46. The third-order valence-electron chi connectivity index (χ3n) is 4.07. The Hall–Kier alpha value is -2.24. The molecule has 118 valence electrons. The summed E-state index contributed by atoms with van der Waals surface area (Å²) in [5, 5.41) is 8.66. The largest absolute Gasteiger partial charge is 0.482 e. The molecule has 0 unspecified atom stereocenters. The van der Waals surface area contributed by atoms with Gasteiger partial charge in [-0.05, 0) is 37.0 Å². The molecule has 1 heterocycles. The van der Waals surface area contributed by atoms with Crippen LogP contribution in [0.4, 0.5) is 10.5 Å². The molecule has 1 aliphatic carbocycles. The van der Waals surface area contributed by atoms with E-state index in [1.165, 1.54) is 12.8 Å². The molecule has 3 N–H and O–H groups in total. The molecule has 1 saturated carbocycles. The normalized spacial score (nSPS) is 17.4. The maximum Gasteiger partial charge on any atom is 0.315 e. The first-order valence-electron chi connectivity index (χ1n) is 7.80. The number of urea groups is 1. The van der Waals surface area contributed by atoms with Gasteiger partial charge in [-0.3, -0.25) is 4.79 Å². The van der Waals surface area contributed by atoms with Crippen LogP contribution in [0, 0.1) is 0 Å². The zero-order valence-corrected chi connectivity index (χ0v) is 12.5. The van der Waals surface area contributed by atoms with Crippen molar-refractivity contribution in [2.24, 2.45) is 0 Å². The minimum atomic E-state index is -0.140. The molecule has 0 saturated heterocycles. The Labute approximate surface area is 129 Å². The van der Waals surface area contributed by atoms with Gasteiger partial charge in [-0.25, -0.2) is 4.79 Å². The van der Waals surface area contributed by atoms with Gasteiger partial charge in [0, 0.05) is 12.6 Å². The fraction of sp³-hybridized carbons (Fsp3) is 0.500. The van der Waals surface area contributed by atoms with Gasteiger partial charge in [-0.2, -0.15) is 0 Å². The van der Waals surface area contributed by atoms with E-state index in [2.05, 4.69) is 16.0 Å². The molecule has 0 radical (unpaired) electrons. The van der Waals surface area contributed by atoms with Gasteiger partial charge in [0.15, 0.2) is 6.61 Å². The third kappa shape index (κ3) is 3.69. The zero-order chi connectivity index (χ0) is 15.4. The second-order valence-electron chi connectivity index (χ2n) is 5.80. The Bertz CT molecular complexity index is 568. The first kappa shape index (κ1) is 14.7. The second kappa shape index (κ2) is 6.68. The number of nitrogens with one attached hydrogen (secondary N) is 3. The van der Waals surface area contributed by atoms with E-state index in [1.807, 2.05) is 18.2 Å². The lowest BCUT2D eigenvalue weighted by Crippen LogP contribution is -2.41. The van der Waals surface area contributed by atoms with E-state index in [9.17, 15) is 9.59 Å². The van der Waals surface area contributed by atoms with Crippen molar-refractivity contribution in [2.75, 3.05) is 18.5 Å². The summed E-state index contributed by atoms with van der Waals surface area (Å²) in [4.78, 5) is 23.1. The van der Waals surface area contributed by atoms with Gasteiger partial charge in [-0.15, -0.1) is 0 Å². The van der Waals surface area contributed by atoms with Crippen molar-refractivity contribution in [2.45, 2.75) is 38.1 Å². The third-order valence-corrected chi connectivity index (χ3v) is 4.07. The van der Waals surface area contributed by atoms with E-state index in [1.54, 1.807) is 0 Å². The molecule has 3 amide bonds. The highest BCUT2D eigenvalue weighted by molar-refractivity contribution is 5.95. The highest BCUT2D eigenvalue weighted by Crippen LogP contribution is 2.28. The lowest BCUT2D eigenvalue weighted by molar-refractivity contribution is -0.118. The predicted octanol–water partition coefficient (Wildman–Crippen LogP) is 1.80. The van der Waals surface area contributed by atoms with E-state index in [0.717, 1.165) is 18.4 Å². The molecule has 0 spiro atoms. The van der Waals surface area contributed by atoms with Crippen LogP contribution in [0.2, 0.25) is 0 Å². The number of rotatable bonds is 4. The maximum atomic E-state index is 11.8. The average Bonchev–Trinajstić information content (AvgIpc) is 2.99. The molecule has 1 aromatic rings. The number of benzene rings is 1. The predicted molar refractivity (Wildman–Crippen MR) is 83.1 cm³/mol. The van der Waals surface area contributed by atoms with Gasteiger partial charge in [0.1, 0.15) is 5.75 Å². The molecule has 1 aromatic carbocycles. The van der Waals surface area contributed by atoms with Crippen LogP contribution >= 0.6 is 0 Å². The van der Waals surface area contributed by atoms with E-state index in [4.69, 9.17) is 4.74 Å². The Kier molecular flexibility index (Phi) is 4.46. The van der Waals surface area contributed by atoms with E-state index in [0.29, 0.717) is 30.4 Å². The van der Waals surface area contributed by atoms with Crippen molar-refractivity contribution in [3.63, 3.8) is 0 Å². The number of anilines is 1. The summed E-state index contributed by atoms with van der Waals surface area (Å²) in [6.45, 7) is 0.626. The highest BCUT2D eigenvalue weighted by Gasteiger charge is 2.17. The minimum Gasteiger partial charge on any atom is -0.482 e. The molecule has 1 fully saturated rings. The Morgan fingerprint density at radius 2 is 2.14 bits per heavy atom. The lowest BCUT2D eigenvalue weighted by atomic mass is 10.1. The summed E-state index contributed by atoms with van der Waals surface area (Å²) in [5.41, 5.74) is 1.75. The quantitative estimate of drug-likeness (QED) is 0.793. The van der Waals surface area contributed by atoms with Crippen LogP contribution in [0.3, 0.4) is 0 Å². The molecule has 3 rings (SSSR count). The maximum absolute atomic E-state index is 11.8.